The van der Waals surface area contributed by atoms with E-state index < -0.39 is 0 Å². The molecule has 0 aromatic heterocycles. The van der Waals surface area contributed by atoms with Gasteiger partial charge in [0.1, 0.15) is 0 Å². The zero-order valence-corrected chi connectivity index (χ0v) is 6.14. The highest BCUT2D eigenvalue weighted by Gasteiger charge is 2.17. The van der Waals surface area contributed by atoms with E-state index in [-0.39, 0.29) is 0 Å². The van der Waals surface area contributed by atoms with Gasteiger partial charge >= 0.3 is 0 Å². The zero-order valence-electron chi connectivity index (χ0n) is 6.14. The van der Waals surface area contributed by atoms with Crippen molar-refractivity contribution in [1.82, 2.24) is 10.6 Å². The van der Waals surface area contributed by atoms with Crippen molar-refractivity contribution in [2.45, 2.75) is 12.1 Å². The van der Waals surface area contributed by atoms with Crippen molar-refractivity contribution in [3.63, 3.8) is 0 Å². The summed E-state index contributed by atoms with van der Waals surface area (Å²) in [6.07, 6.45) is 0. The third kappa shape index (κ3) is 1.91. The maximum absolute atomic E-state index is 5.48. The Morgan fingerprint density at radius 3 is 2.00 bits per heavy atom. The standard InChI is InChI=1S/C6H16N4/c7-1-5-3-9-4-6(2-8)10-5/h5-6,9-10H,1-4,7-8H2. The minimum atomic E-state index is 0.405. The summed E-state index contributed by atoms with van der Waals surface area (Å²) in [6, 6.07) is 0.810. The smallest absolute Gasteiger partial charge is 0.0318 e. The number of hydrogen-bond donors (Lipinski definition) is 4. The molecule has 1 aliphatic heterocycles. The van der Waals surface area contributed by atoms with Gasteiger partial charge in [-0.05, 0) is 0 Å². The van der Waals surface area contributed by atoms with Gasteiger partial charge in [-0.15, -0.1) is 0 Å². The molecule has 0 saturated carbocycles. The largest absolute Gasteiger partial charge is 0.329 e. The van der Waals surface area contributed by atoms with Crippen LogP contribution in [0.5, 0.6) is 0 Å². The lowest BCUT2D eigenvalue weighted by Gasteiger charge is -2.30. The first kappa shape index (κ1) is 7.94. The van der Waals surface area contributed by atoms with E-state index in [1.165, 1.54) is 0 Å². The Bertz CT molecular complexity index is 85.7. The Hall–Kier alpha value is -0.160. The fourth-order valence-electron chi connectivity index (χ4n) is 1.19. The van der Waals surface area contributed by atoms with Gasteiger partial charge in [-0.25, -0.2) is 0 Å². The molecule has 0 amide bonds. The summed E-state index contributed by atoms with van der Waals surface area (Å²) in [7, 11) is 0. The summed E-state index contributed by atoms with van der Waals surface area (Å²) >= 11 is 0. The van der Waals surface area contributed by atoms with Crippen molar-refractivity contribution in [1.29, 1.82) is 0 Å². The summed E-state index contributed by atoms with van der Waals surface area (Å²) in [5.41, 5.74) is 11.0. The van der Waals surface area contributed by atoms with Crippen LogP contribution >= 0.6 is 0 Å². The molecular weight excluding hydrogens is 128 g/mol. The summed E-state index contributed by atoms with van der Waals surface area (Å²) in [4.78, 5) is 0. The van der Waals surface area contributed by atoms with E-state index in [0.717, 1.165) is 13.1 Å². The van der Waals surface area contributed by atoms with Gasteiger partial charge in [0.2, 0.25) is 0 Å². The van der Waals surface area contributed by atoms with Crippen LogP contribution in [0.2, 0.25) is 0 Å². The molecule has 4 nitrogen and oxygen atoms in total. The van der Waals surface area contributed by atoms with Crippen LogP contribution in [0.15, 0.2) is 0 Å². The van der Waals surface area contributed by atoms with Gasteiger partial charge in [-0.3, -0.25) is 0 Å². The van der Waals surface area contributed by atoms with Crippen LogP contribution in [0.1, 0.15) is 0 Å². The SMILES string of the molecule is NCC1CNCC(CN)N1. The van der Waals surface area contributed by atoms with Gasteiger partial charge in [-0.1, -0.05) is 0 Å². The molecule has 0 radical (unpaired) electrons. The first-order valence-electron chi connectivity index (χ1n) is 3.73. The Morgan fingerprint density at radius 1 is 1.10 bits per heavy atom. The first-order valence-corrected chi connectivity index (χ1v) is 3.73. The van der Waals surface area contributed by atoms with E-state index in [4.69, 9.17) is 11.5 Å². The molecule has 6 N–H and O–H groups in total. The van der Waals surface area contributed by atoms with Crippen molar-refractivity contribution in [3.05, 3.63) is 0 Å². The molecule has 10 heavy (non-hydrogen) atoms. The molecule has 1 fully saturated rings. The molecule has 0 aromatic carbocycles. The van der Waals surface area contributed by atoms with Gasteiger partial charge in [0.15, 0.2) is 0 Å². The Balaban J connectivity index is 2.25. The number of rotatable bonds is 2. The average molecular weight is 144 g/mol. The van der Waals surface area contributed by atoms with Crippen molar-refractivity contribution in [2.75, 3.05) is 26.2 Å². The number of hydrogen-bond acceptors (Lipinski definition) is 4. The van der Waals surface area contributed by atoms with Crippen LogP contribution in [0, 0.1) is 0 Å². The predicted molar refractivity (Wildman–Crippen MR) is 41.7 cm³/mol. The molecule has 4 heteroatoms. The maximum atomic E-state index is 5.48. The van der Waals surface area contributed by atoms with Crippen LogP contribution in [0.4, 0.5) is 0 Å². The highest BCUT2D eigenvalue weighted by atomic mass is 15.1. The highest BCUT2D eigenvalue weighted by Crippen LogP contribution is 1.90. The molecule has 0 spiro atoms. The lowest BCUT2D eigenvalue weighted by Crippen LogP contribution is -2.59. The molecule has 1 saturated heterocycles. The molecule has 2 unspecified atom stereocenters. The molecule has 1 heterocycles. The van der Waals surface area contributed by atoms with Crippen LogP contribution < -0.4 is 22.1 Å². The van der Waals surface area contributed by atoms with Gasteiger partial charge in [-0.2, -0.15) is 0 Å². The molecule has 2 atom stereocenters. The van der Waals surface area contributed by atoms with Crippen molar-refractivity contribution in [2.24, 2.45) is 11.5 Å². The van der Waals surface area contributed by atoms with E-state index in [0.29, 0.717) is 25.2 Å². The van der Waals surface area contributed by atoms with E-state index in [2.05, 4.69) is 10.6 Å². The number of nitrogens with one attached hydrogen (secondary N) is 2. The fourth-order valence-corrected chi connectivity index (χ4v) is 1.19. The second kappa shape index (κ2) is 3.88. The van der Waals surface area contributed by atoms with E-state index in [1.54, 1.807) is 0 Å². The average Bonchev–Trinajstić information content (AvgIpc) is 2.05. The third-order valence-corrected chi connectivity index (χ3v) is 1.82. The summed E-state index contributed by atoms with van der Waals surface area (Å²) in [5.74, 6) is 0. The fraction of sp³-hybridized carbons (Fsp3) is 1.00. The molecule has 0 aromatic rings. The highest BCUT2D eigenvalue weighted by molar-refractivity contribution is 4.84. The lowest BCUT2D eigenvalue weighted by molar-refractivity contribution is 0.346. The topological polar surface area (TPSA) is 76.1 Å². The molecule has 0 bridgehead atoms. The van der Waals surface area contributed by atoms with E-state index >= 15 is 0 Å². The van der Waals surface area contributed by atoms with Gasteiger partial charge in [0, 0.05) is 38.3 Å². The third-order valence-electron chi connectivity index (χ3n) is 1.82. The van der Waals surface area contributed by atoms with Crippen LogP contribution in [-0.2, 0) is 0 Å². The normalized spacial score (nSPS) is 34.2. The number of nitrogens with two attached hydrogens (primary N) is 2. The molecular formula is C6H16N4. The molecule has 1 aliphatic rings. The van der Waals surface area contributed by atoms with Crippen molar-refractivity contribution < 1.29 is 0 Å². The Labute approximate surface area is 61.3 Å². The predicted octanol–water partition coefficient (Wildman–Crippen LogP) is -2.17. The maximum Gasteiger partial charge on any atom is 0.0318 e. The second-order valence-electron chi connectivity index (χ2n) is 2.69. The Morgan fingerprint density at radius 2 is 1.60 bits per heavy atom. The second-order valence-corrected chi connectivity index (χ2v) is 2.69. The van der Waals surface area contributed by atoms with Gasteiger partial charge in [0.05, 0.1) is 0 Å². The Kier molecular flexibility index (Phi) is 3.08. The minimum Gasteiger partial charge on any atom is -0.329 e. The zero-order chi connectivity index (χ0) is 7.40. The molecule has 0 aliphatic carbocycles. The molecule has 60 valence electrons. The van der Waals surface area contributed by atoms with Gasteiger partial charge < -0.3 is 22.1 Å². The van der Waals surface area contributed by atoms with Gasteiger partial charge in [0.25, 0.3) is 0 Å². The monoisotopic (exact) mass is 144 g/mol. The quantitative estimate of drug-likeness (QED) is 0.356. The van der Waals surface area contributed by atoms with E-state index in [9.17, 15) is 0 Å². The van der Waals surface area contributed by atoms with Crippen LogP contribution in [0.3, 0.4) is 0 Å². The number of piperazine rings is 1. The van der Waals surface area contributed by atoms with E-state index in [1.807, 2.05) is 0 Å². The summed E-state index contributed by atoms with van der Waals surface area (Å²) < 4.78 is 0. The first-order chi connectivity index (χ1) is 4.86. The van der Waals surface area contributed by atoms with Crippen LogP contribution in [0.25, 0.3) is 0 Å². The van der Waals surface area contributed by atoms with Crippen molar-refractivity contribution >= 4 is 0 Å². The summed E-state index contributed by atoms with van der Waals surface area (Å²) in [5, 5.41) is 6.60. The summed E-state index contributed by atoms with van der Waals surface area (Å²) in [6.45, 7) is 3.30. The lowest BCUT2D eigenvalue weighted by atomic mass is 10.1. The molecule has 1 rings (SSSR count). The minimum absolute atomic E-state index is 0.405. The van der Waals surface area contributed by atoms with Crippen LogP contribution in [-0.4, -0.2) is 38.3 Å². The van der Waals surface area contributed by atoms with Crippen molar-refractivity contribution in [3.8, 4) is 0 Å².